The molecule has 0 aliphatic rings. The van der Waals surface area contributed by atoms with Gasteiger partial charge in [-0.2, -0.15) is 5.21 Å². The maximum Gasteiger partial charge on any atom is 0.270 e. The highest BCUT2D eigenvalue weighted by molar-refractivity contribution is 5.97. The molecule has 0 saturated heterocycles. The predicted molar refractivity (Wildman–Crippen MR) is 117 cm³/mol. The summed E-state index contributed by atoms with van der Waals surface area (Å²) in [6.45, 7) is -1.98. The average Bonchev–Trinajstić information content (AvgIpc) is 3.42. The third-order valence-electron chi connectivity index (χ3n) is 4.53. The summed E-state index contributed by atoms with van der Waals surface area (Å²) in [5.41, 5.74) is 1.61. The lowest BCUT2D eigenvalue weighted by Crippen LogP contribution is -2.27. The number of benzene rings is 2. The van der Waals surface area contributed by atoms with E-state index in [1.807, 2.05) is 12.1 Å². The molecule has 2 aromatic heterocycles. The monoisotopic (exact) mass is 446 g/mol. The molecule has 0 saturated carbocycles. The Morgan fingerprint density at radius 1 is 1.00 bits per heavy atom. The second kappa shape index (κ2) is 10.1. The maximum atomic E-state index is 12.7. The van der Waals surface area contributed by atoms with Crippen LogP contribution in [0.15, 0.2) is 60.9 Å². The van der Waals surface area contributed by atoms with Crippen molar-refractivity contribution >= 4 is 11.8 Å². The van der Waals surface area contributed by atoms with Gasteiger partial charge in [0.05, 0.1) is 9.85 Å². The van der Waals surface area contributed by atoms with Crippen LogP contribution in [-0.2, 0) is 13.0 Å². The molecule has 11 nitrogen and oxygen atoms in total. The molecule has 2 amide bonds. The SMILES string of the molecule is [2H]C([2H])(NC(=O)c1cc(C(=O)NCc2ccc(-c3nn[nH]n3)cc2)ncn1)c1cccc(OC)c1. The Bertz CT molecular complexity index is 1330. The fourth-order valence-electron chi connectivity index (χ4n) is 2.83. The van der Waals surface area contributed by atoms with Crippen molar-refractivity contribution in [2.24, 2.45) is 0 Å². The fourth-order valence-corrected chi connectivity index (χ4v) is 2.83. The summed E-state index contributed by atoms with van der Waals surface area (Å²) in [5.74, 6) is -0.403. The molecule has 3 N–H and O–H groups in total. The first-order valence-electron chi connectivity index (χ1n) is 10.8. The van der Waals surface area contributed by atoms with E-state index in [2.05, 4.69) is 41.2 Å². The summed E-state index contributed by atoms with van der Waals surface area (Å²) in [6.07, 6.45) is 1.07. The first-order valence-corrected chi connectivity index (χ1v) is 9.76. The minimum atomic E-state index is -2.20. The lowest BCUT2D eigenvalue weighted by Gasteiger charge is -2.08. The van der Waals surface area contributed by atoms with Crippen LogP contribution in [0, 0.1) is 0 Å². The average molecular weight is 446 g/mol. The van der Waals surface area contributed by atoms with Crippen LogP contribution in [0.3, 0.4) is 0 Å². The molecule has 2 heterocycles. The van der Waals surface area contributed by atoms with Crippen molar-refractivity contribution in [1.82, 2.24) is 41.2 Å². The van der Waals surface area contributed by atoms with Gasteiger partial charge in [0, 0.05) is 24.7 Å². The number of amides is 2. The van der Waals surface area contributed by atoms with Crippen molar-refractivity contribution in [3.8, 4) is 17.1 Å². The van der Waals surface area contributed by atoms with Crippen LogP contribution in [0.4, 0.5) is 0 Å². The van der Waals surface area contributed by atoms with Gasteiger partial charge in [-0.05, 0) is 28.5 Å². The van der Waals surface area contributed by atoms with Crippen LogP contribution in [0.5, 0.6) is 5.75 Å². The highest BCUT2D eigenvalue weighted by atomic mass is 16.5. The Morgan fingerprint density at radius 3 is 2.45 bits per heavy atom. The minimum Gasteiger partial charge on any atom is -0.497 e. The molecule has 0 atom stereocenters. The minimum absolute atomic E-state index is 0.0319. The Hall–Kier alpha value is -4.67. The van der Waals surface area contributed by atoms with Gasteiger partial charge >= 0.3 is 0 Å². The number of rotatable bonds is 8. The van der Waals surface area contributed by atoms with Crippen molar-refractivity contribution in [3.63, 3.8) is 0 Å². The molecular formula is C22H20N8O3. The number of hydrogen-bond acceptors (Lipinski definition) is 8. The summed E-state index contributed by atoms with van der Waals surface area (Å²) in [6, 6.07) is 14.7. The number of carbonyl (C=O) groups excluding carboxylic acids is 2. The molecule has 4 rings (SSSR count). The van der Waals surface area contributed by atoms with Gasteiger partial charge in [-0.25, -0.2) is 9.97 Å². The zero-order chi connectivity index (χ0) is 24.8. The van der Waals surface area contributed by atoms with E-state index >= 15 is 0 Å². The first kappa shape index (κ1) is 19.0. The number of methoxy groups -OCH3 is 1. The van der Waals surface area contributed by atoms with Crippen LogP contribution in [-0.4, -0.2) is 49.5 Å². The van der Waals surface area contributed by atoms with Crippen molar-refractivity contribution in [3.05, 3.63) is 83.4 Å². The highest BCUT2D eigenvalue weighted by Crippen LogP contribution is 2.14. The molecular weight excluding hydrogens is 424 g/mol. The number of nitrogens with one attached hydrogen (secondary N) is 3. The standard InChI is InChI=1S/C22H20N8O3/c1-33-17-4-2-3-15(9-17)12-24-22(32)19-10-18(25-13-26-19)21(31)23-11-14-5-7-16(8-6-14)20-27-29-30-28-20/h2-10,13H,11-12H2,1H3,(H,23,31)(H,24,32)(H,27,28,29,30)/i12D2. The van der Waals surface area contributed by atoms with E-state index < -0.39 is 18.3 Å². The van der Waals surface area contributed by atoms with Gasteiger partial charge in [-0.1, -0.05) is 36.4 Å². The summed E-state index contributed by atoms with van der Waals surface area (Å²) >= 11 is 0. The quantitative estimate of drug-likeness (QED) is 0.369. The van der Waals surface area contributed by atoms with E-state index in [1.54, 1.807) is 24.3 Å². The van der Waals surface area contributed by atoms with Gasteiger partial charge in [0.2, 0.25) is 5.82 Å². The molecule has 166 valence electrons. The fraction of sp³-hybridized carbons (Fsp3) is 0.136. The second-order valence-electron chi connectivity index (χ2n) is 6.71. The smallest absolute Gasteiger partial charge is 0.270 e. The topological polar surface area (TPSA) is 148 Å². The summed E-state index contributed by atoms with van der Waals surface area (Å²) in [7, 11) is 1.46. The number of tetrazole rings is 1. The third kappa shape index (κ3) is 5.53. The summed E-state index contributed by atoms with van der Waals surface area (Å²) in [5, 5.41) is 18.7. The number of H-pyrrole nitrogens is 1. The van der Waals surface area contributed by atoms with E-state index in [9.17, 15) is 9.59 Å². The normalized spacial score (nSPS) is 11.8. The highest BCUT2D eigenvalue weighted by Gasteiger charge is 2.13. The van der Waals surface area contributed by atoms with Crippen molar-refractivity contribution in [2.75, 3.05) is 7.11 Å². The van der Waals surface area contributed by atoms with Gasteiger partial charge in [0.15, 0.2) is 0 Å². The van der Waals surface area contributed by atoms with E-state index in [-0.39, 0.29) is 23.5 Å². The summed E-state index contributed by atoms with van der Waals surface area (Å²) in [4.78, 5) is 33.0. The van der Waals surface area contributed by atoms with Gasteiger partial charge in [-0.3, -0.25) is 9.59 Å². The predicted octanol–water partition coefficient (Wildman–Crippen LogP) is 1.53. The Balaban J connectivity index is 1.39. The number of hydrogen-bond donors (Lipinski definition) is 3. The number of carbonyl (C=O) groups is 2. The maximum absolute atomic E-state index is 12.7. The number of nitrogens with zero attached hydrogens (tertiary/aromatic N) is 5. The van der Waals surface area contributed by atoms with E-state index in [0.717, 1.165) is 17.5 Å². The Labute approximate surface area is 191 Å². The third-order valence-corrected chi connectivity index (χ3v) is 4.53. The zero-order valence-electron chi connectivity index (χ0n) is 19.4. The van der Waals surface area contributed by atoms with E-state index in [0.29, 0.717) is 11.6 Å². The van der Waals surface area contributed by atoms with Gasteiger partial charge in [0.1, 0.15) is 23.5 Å². The zero-order valence-corrected chi connectivity index (χ0v) is 17.4. The molecule has 0 aliphatic carbocycles. The van der Waals surface area contributed by atoms with Gasteiger partial charge < -0.3 is 15.4 Å². The molecule has 33 heavy (non-hydrogen) atoms. The van der Waals surface area contributed by atoms with Crippen molar-refractivity contribution in [1.29, 1.82) is 0 Å². The molecule has 0 spiro atoms. The molecule has 0 unspecified atom stereocenters. The lowest BCUT2D eigenvalue weighted by atomic mass is 10.1. The Morgan fingerprint density at radius 2 is 1.76 bits per heavy atom. The number of aromatic nitrogens is 6. The van der Waals surface area contributed by atoms with Crippen LogP contribution < -0.4 is 15.4 Å². The number of aromatic amines is 1. The molecule has 11 heteroatoms. The van der Waals surface area contributed by atoms with Crippen molar-refractivity contribution < 1.29 is 17.1 Å². The van der Waals surface area contributed by atoms with Crippen LogP contribution in [0.25, 0.3) is 11.4 Å². The van der Waals surface area contributed by atoms with Crippen LogP contribution in [0.2, 0.25) is 0 Å². The largest absolute Gasteiger partial charge is 0.497 e. The molecule has 2 aromatic carbocycles. The molecule has 0 bridgehead atoms. The van der Waals surface area contributed by atoms with Crippen LogP contribution in [0.1, 0.15) is 34.8 Å². The van der Waals surface area contributed by atoms with E-state index in [4.69, 9.17) is 7.48 Å². The second-order valence-corrected chi connectivity index (χ2v) is 6.71. The van der Waals surface area contributed by atoms with Crippen molar-refractivity contribution in [2.45, 2.75) is 13.0 Å². The van der Waals surface area contributed by atoms with E-state index in [1.165, 1.54) is 25.3 Å². The van der Waals surface area contributed by atoms with Gasteiger partial charge in [0.25, 0.3) is 11.8 Å². The van der Waals surface area contributed by atoms with Crippen LogP contribution >= 0.6 is 0 Å². The summed E-state index contributed by atoms with van der Waals surface area (Å²) < 4.78 is 21.6. The molecule has 0 aliphatic heterocycles. The first-order chi connectivity index (χ1) is 16.9. The lowest BCUT2D eigenvalue weighted by molar-refractivity contribution is 0.0944. The molecule has 4 aromatic rings. The molecule has 0 radical (unpaired) electrons. The Kier molecular flexibility index (Phi) is 5.83. The van der Waals surface area contributed by atoms with Gasteiger partial charge in [-0.15, -0.1) is 10.2 Å². The number of ether oxygens (including phenoxy) is 1. The molecule has 0 fully saturated rings.